The number of hydrogen-bond donors (Lipinski definition) is 3. The molecule has 102 valence electrons. The number of rotatable bonds is 3. The van der Waals surface area contributed by atoms with Crippen molar-refractivity contribution in [3.05, 3.63) is 29.8 Å². The Labute approximate surface area is 113 Å². The molecule has 0 heterocycles. The maximum absolute atomic E-state index is 12.2. The molecule has 0 atom stereocenters. The van der Waals surface area contributed by atoms with E-state index in [0.29, 0.717) is 11.3 Å². The molecule has 0 aliphatic heterocycles. The number of amides is 2. The van der Waals surface area contributed by atoms with Crippen LogP contribution in [0.3, 0.4) is 0 Å². The first-order valence-corrected chi connectivity index (χ1v) is 6.57. The van der Waals surface area contributed by atoms with Gasteiger partial charge in [0.25, 0.3) is 0 Å². The van der Waals surface area contributed by atoms with E-state index in [-0.39, 0.29) is 17.9 Å². The van der Waals surface area contributed by atoms with E-state index in [0.717, 1.165) is 12.8 Å². The van der Waals surface area contributed by atoms with E-state index in [1.165, 1.54) is 17.7 Å². The standard InChI is InChI=1S/C14H20N4O/c1-18(14(19)17-10-6-2-3-7-10)12-9-5-4-8-11(12)13(15)16/h4-5,8-10H,2-3,6-7H2,1H3,(H3,15,16)(H,17,19). The zero-order chi connectivity index (χ0) is 13.8. The van der Waals surface area contributed by atoms with Gasteiger partial charge >= 0.3 is 6.03 Å². The molecule has 2 rings (SSSR count). The lowest BCUT2D eigenvalue weighted by molar-refractivity contribution is 0.244. The highest BCUT2D eigenvalue weighted by atomic mass is 16.2. The van der Waals surface area contributed by atoms with Crippen LogP contribution in [0.5, 0.6) is 0 Å². The van der Waals surface area contributed by atoms with E-state index in [9.17, 15) is 4.79 Å². The zero-order valence-corrected chi connectivity index (χ0v) is 11.1. The van der Waals surface area contributed by atoms with Gasteiger partial charge in [-0.1, -0.05) is 25.0 Å². The minimum Gasteiger partial charge on any atom is -0.384 e. The van der Waals surface area contributed by atoms with Crippen LogP contribution >= 0.6 is 0 Å². The molecule has 1 saturated carbocycles. The number of anilines is 1. The molecule has 5 heteroatoms. The zero-order valence-electron chi connectivity index (χ0n) is 11.1. The summed E-state index contributed by atoms with van der Waals surface area (Å²) in [5.41, 5.74) is 6.77. The second kappa shape index (κ2) is 5.73. The summed E-state index contributed by atoms with van der Waals surface area (Å²) in [6.07, 6.45) is 4.46. The molecule has 5 nitrogen and oxygen atoms in total. The number of para-hydroxylation sites is 1. The minimum absolute atomic E-state index is 0.0314. The Balaban J connectivity index is 2.12. The second-order valence-corrected chi connectivity index (χ2v) is 4.92. The van der Waals surface area contributed by atoms with E-state index < -0.39 is 0 Å². The highest BCUT2D eigenvalue weighted by Crippen LogP contribution is 2.21. The molecular formula is C14H20N4O. The number of nitrogen functional groups attached to an aromatic ring is 1. The number of nitrogens with one attached hydrogen (secondary N) is 2. The Morgan fingerprint density at radius 1 is 1.37 bits per heavy atom. The third kappa shape index (κ3) is 3.05. The van der Waals surface area contributed by atoms with Gasteiger partial charge in [-0.2, -0.15) is 0 Å². The lowest BCUT2D eigenvalue weighted by atomic mass is 10.1. The topological polar surface area (TPSA) is 82.2 Å². The summed E-state index contributed by atoms with van der Waals surface area (Å²) >= 11 is 0. The predicted octanol–water partition coefficient (Wildman–Crippen LogP) is 2.06. The molecule has 0 aromatic heterocycles. The van der Waals surface area contributed by atoms with Crippen molar-refractivity contribution >= 4 is 17.6 Å². The van der Waals surface area contributed by atoms with Crippen LogP contribution in [0.4, 0.5) is 10.5 Å². The van der Waals surface area contributed by atoms with E-state index in [1.807, 2.05) is 12.1 Å². The number of benzene rings is 1. The fourth-order valence-corrected chi connectivity index (χ4v) is 2.44. The van der Waals surface area contributed by atoms with Crippen LogP contribution in [-0.4, -0.2) is 25.0 Å². The lowest BCUT2D eigenvalue weighted by Gasteiger charge is -2.23. The molecule has 1 aliphatic carbocycles. The second-order valence-electron chi connectivity index (χ2n) is 4.92. The molecule has 19 heavy (non-hydrogen) atoms. The lowest BCUT2D eigenvalue weighted by Crippen LogP contribution is -2.42. The molecule has 2 amide bonds. The summed E-state index contributed by atoms with van der Waals surface area (Å²) in [7, 11) is 1.70. The highest BCUT2D eigenvalue weighted by Gasteiger charge is 2.21. The van der Waals surface area contributed by atoms with Crippen LogP contribution in [0.15, 0.2) is 24.3 Å². The van der Waals surface area contributed by atoms with Gasteiger partial charge in [-0.15, -0.1) is 0 Å². The van der Waals surface area contributed by atoms with Crippen molar-refractivity contribution in [2.24, 2.45) is 5.73 Å². The van der Waals surface area contributed by atoms with Gasteiger partial charge in [0.05, 0.1) is 5.69 Å². The predicted molar refractivity (Wildman–Crippen MR) is 76.6 cm³/mol. The summed E-state index contributed by atoms with van der Waals surface area (Å²) in [4.78, 5) is 13.7. The van der Waals surface area contributed by atoms with Crippen molar-refractivity contribution in [3.63, 3.8) is 0 Å². The Hall–Kier alpha value is -2.04. The van der Waals surface area contributed by atoms with Gasteiger partial charge < -0.3 is 11.1 Å². The normalized spacial score (nSPS) is 15.2. The van der Waals surface area contributed by atoms with Gasteiger partial charge in [-0.05, 0) is 25.0 Å². The molecule has 1 aromatic rings. The Kier molecular flexibility index (Phi) is 4.04. The smallest absolute Gasteiger partial charge is 0.321 e. The average Bonchev–Trinajstić information content (AvgIpc) is 2.90. The van der Waals surface area contributed by atoms with Crippen molar-refractivity contribution in [1.82, 2.24) is 5.32 Å². The first-order valence-electron chi connectivity index (χ1n) is 6.57. The van der Waals surface area contributed by atoms with E-state index in [1.54, 1.807) is 19.2 Å². The first kappa shape index (κ1) is 13.4. The fourth-order valence-electron chi connectivity index (χ4n) is 2.44. The van der Waals surface area contributed by atoms with Crippen LogP contribution in [-0.2, 0) is 0 Å². The van der Waals surface area contributed by atoms with Crippen LogP contribution in [0.1, 0.15) is 31.2 Å². The molecule has 1 fully saturated rings. The largest absolute Gasteiger partial charge is 0.384 e. The van der Waals surface area contributed by atoms with E-state index >= 15 is 0 Å². The minimum atomic E-state index is -0.138. The molecule has 0 unspecified atom stereocenters. The van der Waals surface area contributed by atoms with Crippen molar-refractivity contribution in [2.75, 3.05) is 11.9 Å². The molecular weight excluding hydrogens is 240 g/mol. The van der Waals surface area contributed by atoms with Crippen molar-refractivity contribution in [1.29, 1.82) is 5.41 Å². The maximum atomic E-state index is 12.2. The SMILES string of the molecule is CN(C(=O)NC1CCCC1)c1ccccc1C(=N)N. The van der Waals surface area contributed by atoms with Crippen molar-refractivity contribution in [3.8, 4) is 0 Å². The van der Waals surface area contributed by atoms with Gasteiger partial charge in [0, 0.05) is 18.7 Å². The van der Waals surface area contributed by atoms with Crippen molar-refractivity contribution < 1.29 is 4.79 Å². The average molecular weight is 260 g/mol. The Morgan fingerprint density at radius 2 is 2.00 bits per heavy atom. The Morgan fingerprint density at radius 3 is 2.63 bits per heavy atom. The highest BCUT2D eigenvalue weighted by molar-refractivity contribution is 6.04. The summed E-state index contributed by atoms with van der Waals surface area (Å²) < 4.78 is 0. The first-order chi connectivity index (χ1) is 9.09. The fraction of sp³-hybridized carbons (Fsp3) is 0.429. The molecule has 1 aliphatic rings. The van der Waals surface area contributed by atoms with Crippen LogP contribution in [0, 0.1) is 5.41 Å². The molecule has 4 N–H and O–H groups in total. The molecule has 0 spiro atoms. The summed E-state index contributed by atoms with van der Waals surface area (Å²) in [5.74, 6) is -0.0314. The monoisotopic (exact) mass is 260 g/mol. The number of hydrogen-bond acceptors (Lipinski definition) is 2. The van der Waals surface area contributed by atoms with Crippen molar-refractivity contribution in [2.45, 2.75) is 31.7 Å². The quantitative estimate of drug-likeness (QED) is 0.574. The maximum Gasteiger partial charge on any atom is 0.321 e. The summed E-state index contributed by atoms with van der Waals surface area (Å²) in [6.45, 7) is 0. The van der Waals surface area contributed by atoms with Gasteiger partial charge in [0.2, 0.25) is 0 Å². The van der Waals surface area contributed by atoms with Crippen LogP contribution < -0.4 is 16.0 Å². The molecule has 0 bridgehead atoms. The van der Waals surface area contributed by atoms with Gasteiger partial charge in [-0.25, -0.2) is 4.79 Å². The van der Waals surface area contributed by atoms with Crippen LogP contribution in [0.2, 0.25) is 0 Å². The number of urea groups is 1. The third-order valence-electron chi connectivity index (χ3n) is 3.54. The summed E-state index contributed by atoms with van der Waals surface area (Å²) in [5, 5.41) is 10.6. The van der Waals surface area contributed by atoms with Gasteiger partial charge in [0.1, 0.15) is 5.84 Å². The van der Waals surface area contributed by atoms with E-state index in [2.05, 4.69) is 5.32 Å². The Bertz CT molecular complexity index is 480. The number of nitrogens with two attached hydrogens (primary N) is 1. The number of amidine groups is 1. The molecule has 0 radical (unpaired) electrons. The number of nitrogens with zero attached hydrogens (tertiary/aromatic N) is 1. The van der Waals surface area contributed by atoms with E-state index in [4.69, 9.17) is 11.1 Å². The number of carbonyl (C=O) groups is 1. The summed E-state index contributed by atoms with van der Waals surface area (Å²) in [6, 6.07) is 7.33. The number of carbonyl (C=O) groups excluding carboxylic acids is 1. The van der Waals surface area contributed by atoms with Gasteiger partial charge in [-0.3, -0.25) is 10.3 Å². The molecule has 1 aromatic carbocycles. The molecule has 0 saturated heterocycles. The van der Waals surface area contributed by atoms with Crippen LogP contribution in [0.25, 0.3) is 0 Å². The third-order valence-corrected chi connectivity index (χ3v) is 3.54. The van der Waals surface area contributed by atoms with Gasteiger partial charge in [0.15, 0.2) is 0 Å².